The molecule has 1 aromatic rings. The Balaban J connectivity index is 2.30. The molecule has 114 valence electrons. The lowest BCUT2D eigenvalue weighted by Crippen LogP contribution is -2.38. The lowest BCUT2D eigenvalue weighted by atomic mass is 9.96. The zero-order chi connectivity index (χ0) is 15.6. The Morgan fingerprint density at radius 2 is 2.10 bits per heavy atom. The number of anilines is 1. The lowest BCUT2D eigenvalue weighted by molar-refractivity contribution is -0.384. The van der Waals surface area contributed by atoms with E-state index in [0.29, 0.717) is 31.6 Å². The summed E-state index contributed by atoms with van der Waals surface area (Å²) >= 11 is 0. The Bertz CT molecular complexity index is 571. The molecule has 0 bridgehead atoms. The van der Waals surface area contributed by atoms with E-state index in [1.165, 1.54) is 13.2 Å². The van der Waals surface area contributed by atoms with Crippen molar-refractivity contribution in [2.75, 3.05) is 25.1 Å². The molecule has 1 aromatic carbocycles. The van der Waals surface area contributed by atoms with Gasteiger partial charge in [-0.05, 0) is 12.8 Å². The van der Waals surface area contributed by atoms with Crippen LogP contribution in [0.4, 0.5) is 15.8 Å². The topological polar surface area (TPSA) is 98.7 Å². The highest BCUT2D eigenvalue weighted by Gasteiger charge is 2.28. The molecule has 0 aromatic heterocycles. The van der Waals surface area contributed by atoms with Crippen LogP contribution in [0.2, 0.25) is 0 Å². The van der Waals surface area contributed by atoms with E-state index < -0.39 is 10.7 Å². The summed E-state index contributed by atoms with van der Waals surface area (Å²) in [6.07, 6.45) is 1.04. The van der Waals surface area contributed by atoms with Crippen LogP contribution in [0.1, 0.15) is 12.8 Å². The first-order chi connectivity index (χ1) is 9.93. The van der Waals surface area contributed by atoms with Crippen LogP contribution in [0, 0.1) is 21.8 Å². The van der Waals surface area contributed by atoms with Crippen molar-refractivity contribution in [1.82, 2.24) is 0 Å². The number of nitrogens with two attached hydrogens (primary N) is 1. The first-order valence-electron chi connectivity index (χ1n) is 6.50. The lowest BCUT2D eigenvalue weighted by Gasteiger charge is -2.32. The number of amides is 1. The number of nitrogens with zero attached hydrogens (tertiary/aromatic N) is 2. The zero-order valence-corrected chi connectivity index (χ0v) is 11.5. The molecule has 1 aliphatic heterocycles. The highest BCUT2D eigenvalue weighted by molar-refractivity contribution is 5.77. The van der Waals surface area contributed by atoms with E-state index >= 15 is 0 Å². The maximum atomic E-state index is 13.6. The molecule has 0 saturated carbocycles. The van der Waals surface area contributed by atoms with E-state index in [1.54, 1.807) is 4.90 Å². The smallest absolute Gasteiger partial charge is 0.295 e. The quantitative estimate of drug-likeness (QED) is 0.669. The molecule has 1 fully saturated rings. The molecule has 0 aliphatic carbocycles. The molecule has 7 nitrogen and oxygen atoms in total. The zero-order valence-electron chi connectivity index (χ0n) is 11.5. The second-order valence-electron chi connectivity index (χ2n) is 4.90. The van der Waals surface area contributed by atoms with Gasteiger partial charge in [-0.3, -0.25) is 14.9 Å². The van der Waals surface area contributed by atoms with Crippen LogP contribution in [0.5, 0.6) is 5.75 Å². The number of benzene rings is 1. The van der Waals surface area contributed by atoms with Gasteiger partial charge in [-0.1, -0.05) is 0 Å². The van der Waals surface area contributed by atoms with Crippen LogP contribution in [-0.2, 0) is 4.79 Å². The second kappa shape index (κ2) is 5.94. The minimum Gasteiger partial charge on any atom is -0.494 e. The third kappa shape index (κ3) is 3.04. The van der Waals surface area contributed by atoms with Gasteiger partial charge in [0.25, 0.3) is 5.69 Å². The molecular weight excluding hydrogens is 281 g/mol. The Kier molecular flexibility index (Phi) is 4.25. The van der Waals surface area contributed by atoms with Crippen LogP contribution < -0.4 is 15.4 Å². The van der Waals surface area contributed by atoms with E-state index in [1.807, 2.05) is 0 Å². The highest BCUT2D eigenvalue weighted by atomic mass is 19.1. The van der Waals surface area contributed by atoms with Crippen molar-refractivity contribution in [3.63, 3.8) is 0 Å². The fourth-order valence-corrected chi connectivity index (χ4v) is 2.49. The maximum absolute atomic E-state index is 13.6. The normalized spacial score (nSPS) is 15.8. The second-order valence-corrected chi connectivity index (χ2v) is 4.90. The van der Waals surface area contributed by atoms with Gasteiger partial charge in [0, 0.05) is 25.1 Å². The number of ether oxygens (including phenoxy) is 1. The molecule has 1 aliphatic rings. The van der Waals surface area contributed by atoms with Crippen LogP contribution >= 0.6 is 0 Å². The number of carbonyl (C=O) groups excluding carboxylic acids is 1. The van der Waals surface area contributed by atoms with E-state index in [-0.39, 0.29) is 23.3 Å². The summed E-state index contributed by atoms with van der Waals surface area (Å²) in [5, 5.41) is 11.1. The van der Waals surface area contributed by atoms with Gasteiger partial charge in [-0.2, -0.15) is 0 Å². The predicted octanol–water partition coefficient (Wildman–Crippen LogP) is 1.44. The Labute approximate surface area is 120 Å². The van der Waals surface area contributed by atoms with E-state index in [2.05, 4.69) is 0 Å². The molecule has 0 unspecified atom stereocenters. The number of nitro groups is 1. The first-order valence-corrected chi connectivity index (χ1v) is 6.50. The highest BCUT2D eigenvalue weighted by Crippen LogP contribution is 2.36. The molecule has 0 atom stereocenters. The van der Waals surface area contributed by atoms with Crippen LogP contribution in [0.15, 0.2) is 12.1 Å². The predicted molar refractivity (Wildman–Crippen MR) is 73.7 cm³/mol. The van der Waals surface area contributed by atoms with Crippen LogP contribution in [-0.4, -0.2) is 31.0 Å². The molecule has 2 rings (SSSR count). The number of hydrogen-bond donors (Lipinski definition) is 1. The van der Waals surface area contributed by atoms with Gasteiger partial charge in [0.2, 0.25) is 5.91 Å². The average molecular weight is 297 g/mol. The fourth-order valence-electron chi connectivity index (χ4n) is 2.49. The summed E-state index contributed by atoms with van der Waals surface area (Å²) < 4.78 is 18.5. The number of hydrogen-bond acceptors (Lipinski definition) is 5. The summed E-state index contributed by atoms with van der Waals surface area (Å²) in [7, 11) is 1.30. The van der Waals surface area contributed by atoms with E-state index in [0.717, 1.165) is 6.07 Å². The van der Waals surface area contributed by atoms with Crippen LogP contribution in [0.25, 0.3) is 0 Å². The van der Waals surface area contributed by atoms with Gasteiger partial charge in [0.1, 0.15) is 5.69 Å². The van der Waals surface area contributed by atoms with Gasteiger partial charge in [-0.15, -0.1) is 0 Å². The standard InChI is InChI=1S/C13H16FN3O4/c1-21-12-7-10(11(17(19)20)6-9(12)14)16-4-2-8(3-5-16)13(15)18/h6-8H,2-5H2,1H3,(H2,15,18). The SMILES string of the molecule is COc1cc(N2CCC(C(N)=O)CC2)c([N+](=O)[O-])cc1F. The molecule has 21 heavy (non-hydrogen) atoms. The first kappa shape index (κ1) is 15.0. The number of carbonyl (C=O) groups is 1. The van der Waals surface area contributed by atoms with Crippen molar-refractivity contribution in [1.29, 1.82) is 0 Å². The summed E-state index contributed by atoms with van der Waals surface area (Å²) in [4.78, 5) is 23.4. The molecule has 1 amide bonds. The van der Waals surface area contributed by atoms with Crippen molar-refractivity contribution in [3.8, 4) is 5.75 Å². The van der Waals surface area contributed by atoms with Gasteiger partial charge >= 0.3 is 0 Å². The molecule has 0 spiro atoms. The van der Waals surface area contributed by atoms with Gasteiger partial charge in [-0.25, -0.2) is 4.39 Å². The number of nitro benzene ring substituents is 1. The Hall–Kier alpha value is -2.38. The largest absolute Gasteiger partial charge is 0.494 e. The minimum atomic E-state index is -0.778. The molecule has 8 heteroatoms. The van der Waals surface area contributed by atoms with Crippen molar-refractivity contribution in [2.45, 2.75) is 12.8 Å². The maximum Gasteiger partial charge on any atom is 0.295 e. The minimum absolute atomic E-state index is 0.0485. The van der Waals surface area contributed by atoms with Gasteiger partial charge in [0.15, 0.2) is 11.6 Å². The van der Waals surface area contributed by atoms with Crippen molar-refractivity contribution >= 4 is 17.3 Å². The number of methoxy groups -OCH3 is 1. The fraction of sp³-hybridized carbons (Fsp3) is 0.462. The Morgan fingerprint density at radius 3 is 2.57 bits per heavy atom. The third-order valence-corrected chi connectivity index (χ3v) is 3.68. The number of piperidine rings is 1. The molecule has 1 heterocycles. The van der Waals surface area contributed by atoms with E-state index in [4.69, 9.17) is 10.5 Å². The monoisotopic (exact) mass is 297 g/mol. The molecule has 2 N–H and O–H groups in total. The summed E-state index contributed by atoms with van der Waals surface area (Å²) in [5.74, 6) is -1.41. The molecule has 1 saturated heterocycles. The molecular formula is C13H16FN3O4. The van der Waals surface area contributed by atoms with Crippen molar-refractivity contribution in [3.05, 3.63) is 28.1 Å². The summed E-state index contributed by atoms with van der Waals surface area (Å²) in [5.41, 5.74) is 5.24. The number of rotatable bonds is 4. The Morgan fingerprint density at radius 1 is 1.48 bits per heavy atom. The summed E-state index contributed by atoms with van der Waals surface area (Å²) in [6, 6.07) is 2.17. The van der Waals surface area contributed by atoms with Gasteiger partial charge < -0.3 is 15.4 Å². The third-order valence-electron chi connectivity index (χ3n) is 3.68. The summed E-state index contributed by atoms with van der Waals surface area (Å²) in [6.45, 7) is 0.895. The number of primary amides is 1. The average Bonchev–Trinajstić information content (AvgIpc) is 2.47. The van der Waals surface area contributed by atoms with Gasteiger partial charge in [0.05, 0.1) is 18.1 Å². The van der Waals surface area contributed by atoms with E-state index in [9.17, 15) is 19.3 Å². The van der Waals surface area contributed by atoms with Crippen molar-refractivity contribution in [2.24, 2.45) is 11.7 Å². The van der Waals surface area contributed by atoms with Crippen LogP contribution in [0.3, 0.4) is 0 Å². The number of halogens is 1. The van der Waals surface area contributed by atoms with Crippen molar-refractivity contribution < 1.29 is 18.8 Å². The molecule has 0 radical (unpaired) electrons.